The first-order chi connectivity index (χ1) is 8.41. The fraction of sp³-hybridized carbons (Fsp3) is 0.462. The number of benzene rings is 1. The fourth-order valence-corrected chi connectivity index (χ4v) is 2.80. The number of carbonyl (C=O) groups is 1. The summed E-state index contributed by atoms with van der Waals surface area (Å²) in [5.74, 6) is 0.0913. The molecule has 0 bridgehead atoms. The van der Waals surface area contributed by atoms with Crippen molar-refractivity contribution < 1.29 is 4.79 Å². The zero-order chi connectivity index (χ0) is 13.4. The van der Waals surface area contributed by atoms with Crippen LogP contribution in [-0.2, 0) is 4.79 Å². The van der Waals surface area contributed by atoms with Gasteiger partial charge in [0.15, 0.2) is 0 Å². The highest BCUT2D eigenvalue weighted by Crippen LogP contribution is 2.36. The topological polar surface area (TPSA) is 46.3 Å². The molecule has 98 valence electrons. The summed E-state index contributed by atoms with van der Waals surface area (Å²) in [4.78, 5) is 13.8. The van der Waals surface area contributed by atoms with Crippen LogP contribution in [0, 0.1) is 0 Å². The molecule has 1 aliphatic heterocycles. The van der Waals surface area contributed by atoms with Gasteiger partial charge in [0.2, 0.25) is 5.91 Å². The Morgan fingerprint density at radius 3 is 2.56 bits per heavy atom. The number of nitrogens with two attached hydrogens (primary N) is 1. The number of hydrogen-bond acceptors (Lipinski definition) is 2. The van der Waals surface area contributed by atoms with Gasteiger partial charge in [-0.25, -0.2) is 0 Å². The zero-order valence-electron chi connectivity index (χ0n) is 10.4. The van der Waals surface area contributed by atoms with E-state index in [1.54, 1.807) is 12.1 Å². The third-order valence-electron chi connectivity index (χ3n) is 3.25. The third-order valence-corrected chi connectivity index (χ3v) is 3.98. The van der Waals surface area contributed by atoms with Gasteiger partial charge in [-0.05, 0) is 31.5 Å². The smallest absolute Gasteiger partial charge is 0.225 e. The highest BCUT2D eigenvalue weighted by molar-refractivity contribution is 6.42. The maximum atomic E-state index is 11.9. The van der Waals surface area contributed by atoms with Crippen LogP contribution in [0.5, 0.6) is 0 Å². The van der Waals surface area contributed by atoms with E-state index >= 15 is 0 Å². The minimum absolute atomic E-state index is 0.0913. The summed E-state index contributed by atoms with van der Waals surface area (Å²) >= 11 is 11.9. The SMILES string of the molecule is CC(C)N1C(=O)CC(N)C1c1ccc(Cl)c(Cl)c1. The average Bonchev–Trinajstić information content (AvgIpc) is 2.57. The number of hydrogen-bond donors (Lipinski definition) is 1. The van der Waals surface area contributed by atoms with Crippen molar-refractivity contribution in [1.82, 2.24) is 4.90 Å². The van der Waals surface area contributed by atoms with Gasteiger partial charge in [-0.3, -0.25) is 4.79 Å². The van der Waals surface area contributed by atoms with Crippen molar-refractivity contribution in [2.75, 3.05) is 0 Å². The number of nitrogens with zero attached hydrogens (tertiary/aromatic N) is 1. The molecule has 2 N–H and O–H groups in total. The molecule has 1 aromatic rings. The van der Waals surface area contributed by atoms with E-state index in [2.05, 4.69) is 0 Å². The lowest BCUT2D eigenvalue weighted by molar-refractivity contribution is -0.130. The quantitative estimate of drug-likeness (QED) is 0.909. The molecule has 3 nitrogen and oxygen atoms in total. The van der Waals surface area contributed by atoms with Crippen LogP contribution < -0.4 is 5.73 Å². The minimum atomic E-state index is -0.197. The summed E-state index contributed by atoms with van der Waals surface area (Å²) in [5, 5.41) is 0.999. The number of carbonyl (C=O) groups excluding carboxylic acids is 1. The van der Waals surface area contributed by atoms with E-state index in [4.69, 9.17) is 28.9 Å². The molecule has 1 heterocycles. The van der Waals surface area contributed by atoms with Gasteiger partial charge in [-0.2, -0.15) is 0 Å². The van der Waals surface area contributed by atoms with Gasteiger partial charge in [0.25, 0.3) is 0 Å². The largest absolute Gasteiger partial charge is 0.332 e. The summed E-state index contributed by atoms with van der Waals surface area (Å²) in [7, 11) is 0. The van der Waals surface area contributed by atoms with E-state index in [9.17, 15) is 4.79 Å². The number of amides is 1. The lowest BCUT2D eigenvalue weighted by atomic mass is 10.0. The Hall–Kier alpha value is -0.770. The van der Waals surface area contributed by atoms with Crippen molar-refractivity contribution in [3.05, 3.63) is 33.8 Å². The van der Waals surface area contributed by atoms with Crippen molar-refractivity contribution in [1.29, 1.82) is 0 Å². The Morgan fingerprint density at radius 1 is 1.33 bits per heavy atom. The molecular formula is C13H16Cl2N2O. The monoisotopic (exact) mass is 286 g/mol. The standard InChI is InChI=1S/C13H16Cl2N2O/c1-7(2)17-12(18)6-11(16)13(17)8-3-4-9(14)10(15)5-8/h3-5,7,11,13H,6,16H2,1-2H3. The molecule has 2 rings (SSSR count). The van der Waals surface area contributed by atoms with Gasteiger partial charge in [0, 0.05) is 18.5 Å². The van der Waals surface area contributed by atoms with Crippen molar-refractivity contribution in [2.45, 2.75) is 38.4 Å². The second-order valence-corrected chi connectivity index (χ2v) is 5.70. The average molecular weight is 287 g/mol. The molecule has 2 atom stereocenters. The molecule has 0 spiro atoms. The Labute approximate surface area is 117 Å². The normalized spacial score (nSPS) is 24.1. The van der Waals surface area contributed by atoms with Crippen molar-refractivity contribution in [3.8, 4) is 0 Å². The van der Waals surface area contributed by atoms with E-state index in [0.717, 1.165) is 5.56 Å². The van der Waals surface area contributed by atoms with Crippen molar-refractivity contribution in [3.63, 3.8) is 0 Å². The van der Waals surface area contributed by atoms with Gasteiger partial charge >= 0.3 is 0 Å². The van der Waals surface area contributed by atoms with Crippen LogP contribution in [0.1, 0.15) is 31.9 Å². The molecule has 0 aliphatic carbocycles. The fourth-order valence-electron chi connectivity index (χ4n) is 2.49. The number of rotatable bonds is 2. The van der Waals surface area contributed by atoms with Gasteiger partial charge in [0.05, 0.1) is 16.1 Å². The van der Waals surface area contributed by atoms with Crippen molar-refractivity contribution >= 4 is 29.1 Å². The van der Waals surface area contributed by atoms with Crippen LogP contribution >= 0.6 is 23.2 Å². The Bertz CT molecular complexity index is 476. The summed E-state index contributed by atoms with van der Waals surface area (Å²) in [5.41, 5.74) is 7.02. The van der Waals surface area contributed by atoms with Gasteiger partial charge in [0.1, 0.15) is 0 Å². The molecule has 2 unspecified atom stereocenters. The molecule has 1 aromatic carbocycles. The van der Waals surface area contributed by atoms with Gasteiger partial charge in [-0.1, -0.05) is 29.3 Å². The molecule has 0 saturated carbocycles. The Morgan fingerprint density at radius 2 is 2.00 bits per heavy atom. The van der Waals surface area contributed by atoms with Crippen LogP contribution in [-0.4, -0.2) is 22.9 Å². The molecular weight excluding hydrogens is 271 g/mol. The number of likely N-dealkylation sites (tertiary alicyclic amines) is 1. The van der Waals surface area contributed by atoms with E-state index in [-0.39, 0.29) is 24.0 Å². The summed E-state index contributed by atoms with van der Waals surface area (Å²) < 4.78 is 0. The molecule has 5 heteroatoms. The molecule has 0 aromatic heterocycles. The second-order valence-electron chi connectivity index (χ2n) is 4.88. The van der Waals surface area contributed by atoms with E-state index in [1.165, 1.54) is 0 Å². The van der Waals surface area contributed by atoms with E-state index in [0.29, 0.717) is 16.5 Å². The van der Waals surface area contributed by atoms with Gasteiger partial charge in [-0.15, -0.1) is 0 Å². The first-order valence-corrected chi connectivity index (χ1v) is 6.69. The van der Waals surface area contributed by atoms with E-state index in [1.807, 2.05) is 24.8 Å². The predicted molar refractivity (Wildman–Crippen MR) is 73.8 cm³/mol. The summed E-state index contributed by atoms with van der Waals surface area (Å²) in [6.07, 6.45) is 0.378. The molecule has 1 aliphatic rings. The first-order valence-electron chi connectivity index (χ1n) is 5.93. The van der Waals surface area contributed by atoms with Crippen LogP contribution in [0.15, 0.2) is 18.2 Å². The highest BCUT2D eigenvalue weighted by atomic mass is 35.5. The predicted octanol–water partition coefficient (Wildman–Crippen LogP) is 3.00. The summed E-state index contributed by atoms with van der Waals surface area (Å²) in [6, 6.07) is 5.22. The summed E-state index contributed by atoms with van der Waals surface area (Å²) in [6.45, 7) is 3.97. The maximum Gasteiger partial charge on any atom is 0.225 e. The number of halogens is 2. The molecule has 0 radical (unpaired) electrons. The highest BCUT2D eigenvalue weighted by Gasteiger charge is 2.39. The molecule has 1 saturated heterocycles. The second kappa shape index (κ2) is 5.08. The minimum Gasteiger partial charge on any atom is -0.332 e. The Kier molecular flexibility index (Phi) is 3.85. The maximum absolute atomic E-state index is 11.9. The van der Waals surface area contributed by atoms with Crippen LogP contribution in [0.25, 0.3) is 0 Å². The molecule has 18 heavy (non-hydrogen) atoms. The van der Waals surface area contributed by atoms with E-state index < -0.39 is 0 Å². The van der Waals surface area contributed by atoms with Crippen LogP contribution in [0.4, 0.5) is 0 Å². The van der Waals surface area contributed by atoms with Crippen LogP contribution in [0.2, 0.25) is 10.0 Å². The Balaban J connectivity index is 2.40. The molecule has 1 amide bonds. The lowest BCUT2D eigenvalue weighted by Crippen LogP contribution is -2.37. The zero-order valence-corrected chi connectivity index (χ0v) is 11.9. The lowest BCUT2D eigenvalue weighted by Gasteiger charge is -2.30. The first kappa shape index (κ1) is 13.7. The molecule has 1 fully saturated rings. The van der Waals surface area contributed by atoms with Crippen molar-refractivity contribution in [2.24, 2.45) is 5.73 Å². The third kappa shape index (κ3) is 2.35. The van der Waals surface area contributed by atoms with Crippen LogP contribution in [0.3, 0.4) is 0 Å². The van der Waals surface area contributed by atoms with Gasteiger partial charge < -0.3 is 10.6 Å².